The van der Waals surface area contributed by atoms with Gasteiger partial charge in [-0.1, -0.05) is 30.3 Å². The number of benzene rings is 2. The van der Waals surface area contributed by atoms with Gasteiger partial charge in [-0.25, -0.2) is 4.79 Å². The van der Waals surface area contributed by atoms with Gasteiger partial charge in [0.15, 0.2) is 5.11 Å². The number of thioether (sulfide) groups is 1. The van der Waals surface area contributed by atoms with Crippen LogP contribution in [0.15, 0.2) is 48.5 Å². The fourth-order valence-corrected chi connectivity index (χ4v) is 4.30. The number of carboxylic acid groups (broad SMARTS) is 1. The number of nitrogens with one attached hydrogen (secondary N) is 4. The van der Waals surface area contributed by atoms with Crippen LogP contribution in [0.25, 0.3) is 11.1 Å². The molecular weight excluding hydrogens is 472 g/mol. The molecule has 0 unspecified atom stereocenters. The van der Waals surface area contributed by atoms with Crippen LogP contribution in [-0.4, -0.2) is 58.6 Å². The van der Waals surface area contributed by atoms with E-state index < -0.39 is 17.9 Å². The van der Waals surface area contributed by atoms with Gasteiger partial charge in [-0.3, -0.25) is 9.59 Å². The van der Waals surface area contributed by atoms with Crippen molar-refractivity contribution in [2.24, 2.45) is 0 Å². The zero-order valence-corrected chi connectivity index (χ0v) is 20.4. The van der Waals surface area contributed by atoms with Crippen molar-refractivity contribution >= 4 is 52.6 Å². The summed E-state index contributed by atoms with van der Waals surface area (Å²) in [4.78, 5) is 36.0. The molecule has 10 heteroatoms. The number of thiocarbonyl (C=S) groups is 1. The predicted octanol–water partition coefficient (Wildman–Crippen LogP) is 2.85. The number of carboxylic acids is 1. The van der Waals surface area contributed by atoms with Crippen molar-refractivity contribution < 1.29 is 19.5 Å². The summed E-state index contributed by atoms with van der Waals surface area (Å²) in [5, 5.41) is 21.7. The highest BCUT2D eigenvalue weighted by Gasteiger charge is 2.23. The van der Waals surface area contributed by atoms with Gasteiger partial charge in [-0.15, -0.1) is 0 Å². The normalized spacial score (nSPS) is 15.8. The van der Waals surface area contributed by atoms with Gasteiger partial charge in [0, 0.05) is 30.3 Å². The Morgan fingerprint density at radius 2 is 2.00 bits per heavy atom. The molecule has 1 aliphatic rings. The van der Waals surface area contributed by atoms with Gasteiger partial charge in [0.1, 0.15) is 6.04 Å². The molecule has 0 aromatic heterocycles. The van der Waals surface area contributed by atoms with E-state index in [9.17, 15) is 19.5 Å². The van der Waals surface area contributed by atoms with Crippen molar-refractivity contribution in [2.75, 3.05) is 23.9 Å². The molecule has 0 aliphatic carbocycles. The highest BCUT2D eigenvalue weighted by atomic mass is 32.2. The second-order valence-electron chi connectivity index (χ2n) is 7.91. The maximum Gasteiger partial charge on any atom is 0.326 e. The zero-order chi connectivity index (χ0) is 24.5. The van der Waals surface area contributed by atoms with Crippen LogP contribution >= 0.6 is 24.0 Å². The molecule has 8 nitrogen and oxygen atoms in total. The Kier molecular flexibility index (Phi) is 9.29. The summed E-state index contributed by atoms with van der Waals surface area (Å²) in [6.07, 6.45) is 3.52. The quantitative estimate of drug-likeness (QED) is 0.316. The zero-order valence-electron chi connectivity index (χ0n) is 18.8. The first-order valence-electron chi connectivity index (χ1n) is 10.9. The summed E-state index contributed by atoms with van der Waals surface area (Å²) in [5.41, 5.74) is 2.53. The fourth-order valence-electron chi connectivity index (χ4n) is 3.63. The molecule has 180 valence electrons. The molecular formula is C24H28N4O4S2. The molecule has 34 heavy (non-hydrogen) atoms. The van der Waals surface area contributed by atoms with E-state index >= 15 is 0 Å². The van der Waals surface area contributed by atoms with Crippen LogP contribution in [-0.2, 0) is 9.59 Å². The minimum Gasteiger partial charge on any atom is -0.480 e. The van der Waals surface area contributed by atoms with Crippen LogP contribution in [0.3, 0.4) is 0 Å². The van der Waals surface area contributed by atoms with E-state index in [0.29, 0.717) is 47.1 Å². The Bertz CT molecular complexity index is 1050. The number of carbonyl (C=O) groups excluding carboxylic acids is 2. The molecule has 2 aromatic carbocycles. The van der Waals surface area contributed by atoms with Crippen LogP contribution < -0.4 is 21.3 Å². The molecule has 1 heterocycles. The summed E-state index contributed by atoms with van der Waals surface area (Å²) in [7, 11) is 0. The Hall–Kier alpha value is -3.11. The highest BCUT2D eigenvalue weighted by Crippen LogP contribution is 2.27. The van der Waals surface area contributed by atoms with Gasteiger partial charge < -0.3 is 26.4 Å². The molecule has 0 spiro atoms. The van der Waals surface area contributed by atoms with Crippen molar-refractivity contribution in [2.45, 2.75) is 31.3 Å². The minimum absolute atomic E-state index is 0.0469. The molecule has 2 atom stereocenters. The second kappa shape index (κ2) is 12.4. The van der Waals surface area contributed by atoms with Gasteiger partial charge >= 0.3 is 5.97 Å². The second-order valence-corrected chi connectivity index (χ2v) is 9.30. The standard InChI is InChI=1S/C24H28N4O4S2/c1-34-12-11-20(23(31)32)28-22(30)18-9-7-16(13-19(18)15-5-3-2-4-6-15)27-24(33)25-14-17-8-10-21(29)26-17/h2-7,9,13,17,20H,8,10-12,14H2,1H3,(H,26,29)(H,28,30)(H,31,32)(H2,25,27,33)/t17-,20-/m0/s1. The first kappa shape index (κ1) is 25.5. The Morgan fingerprint density at radius 3 is 2.65 bits per heavy atom. The molecule has 5 N–H and O–H groups in total. The van der Waals surface area contributed by atoms with Crippen molar-refractivity contribution in [3.05, 3.63) is 54.1 Å². The maximum atomic E-state index is 13.1. The van der Waals surface area contributed by atoms with Crippen LogP contribution in [0.1, 0.15) is 29.6 Å². The topological polar surface area (TPSA) is 120 Å². The largest absolute Gasteiger partial charge is 0.480 e. The SMILES string of the molecule is CSCC[C@H](NC(=O)c1ccc(NC(=S)NC[C@@H]2CCC(=O)N2)cc1-c1ccccc1)C(=O)O. The van der Waals surface area contributed by atoms with Crippen molar-refractivity contribution in [3.8, 4) is 11.1 Å². The first-order valence-corrected chi connectivity index (χ1v) is 12.7. The van der Waals surface area contributed by atoms with Crippen LogP contribution in [0.2, 0.25) is 0 Å². The third kappa shape index (κ3) is 7.19. The van der Waals surface area contributed by atoms with E-state index in [-0.39, 0.29) is 11.9 Å². The number of aliphatic carboxylic acids is 1. The molecule has 0 radical (unpaired) electrons. The predicted molar refractivity (Wildman–Crippen MR) is 139 cm³/mol. The number of hydrogen-bond donors (Lipinski definition) is 5. The monoisotopic (exact) mass is 500 g/mol. The van der Waals surface area contributed by atoms with E-state index in [1.54, 1.807) is 12.1 Å². The summed E-state index contributed by atoms with van der Waals surface area (Å²) >= 11 is 6.92. The lowest BCUT2D eigenvalue weighted by atomic mass is 9.98. The summed E-state index contributed by atoms with van der Waals surface area (Å²) in [6.45, 7) is 0.524. The molecule has 1 saturated heterocycles. The Morgan fingerprint density at radius 1 is 1.24 bits per heavy atom. The summed E-state index contributed by atoms with van der Waals surface area (Å²) < 4.78 is 0. The van der Waals surface area contributed by atoms with E-state index in [0.717, 1.165) is 12.0 Å². The van der Waals surface area contributed by atoms with E-state index in [2.05, 4.69) is 21.3 Å². The van der Waals surface area contributed by atoms with Crippen LogP contribution in [0, 0.1) is 0 Å². The third-order valence-electron chi connectivity index (χ3n) is 5.41. The van der Waals surface area contributed by atoms with Crippen molar-refractivity contribution in [3.63, 3.8) is 0 Å². The van der Waals surface area contributed by atoms with Crippen LogP contribution in [0.5, 0.6) is 0 Å². The Labute approximate surface area is 208 Å². The van der Waals surface area contributed by atoms with Crippen molar-refractivity contribution in [1.29, 1.82) is 0 Å². The first-order chi connectivity index (χ1) is 16.4. The van der Waals surface area contributed by atoms with Gasteiger partial charge in [-0.05, 0) is 66.4 Å². The van der Waals surface area contributed by atoms with Gasteiger partial charge in [0.05, 0.1) is 0 Å². The van der Waals surface area contributed by atoms with Gasteiger partial charge in [-0.2, -0.15) is 11.8 Å². The fraction of sp³-hybridized carbons (Fsp3) is 0.333. The maximum absolute atomic E-state index is 13.1. The average Bonchev–Trinajstić information content (AvgIpc) is 3.25. The molecule has 1 aliphatic heterocycles. The lowest BCUT2D eigenvalue weighted by Gasteiger charge is -2.18. The molecule has 0 saturated carbocycles. The van der Waals surface area contributed by atoms with Crippen molar-refractivity contribution in [1.82, 2.24) is 16.0 Å². The summed E-state index contributed by atoms with van der Waals surface area (Å²) in [6, 6.07) is 13.7. The smallest absolute Gasteiger partial charge is 0.326 e. The minimum atomic E-state index is -1.06. The number of hydrogen-bond acceptors (Lipinski definition) is 5. The molecule has 1 fully saturated rings. The summed E-state index contributed by atoms with van der Waals surface area (Å²) in [5.74, 6) is -0.834. The van der Waals surface area contributed by atoms with E-state index in [4.69, 9.17) is 12.2 Å². The Balaban J connectivity index is 1.76. The number of anilines is 1. The molecule has 2 aromatic rings. The average molecular weight is 501 g/mol. The number of rotatable bonds is 10. The number of carbonyl (C=O) groups is 3. The van der Waals surface area contributed by atoms with Gasteiger partial charge in [0.2, 0.25) is 5.91 Å². The van der Waals surface area contributed by atoms with E-state index in [1.807, 2.05) is 42.7 Å². The lowest BCUT2D eigenvalue weighted by molar-refractivity contribution is -0.139. The molecule has 0 bridgehead atoms. The van der Waals surface area contributed by atoms with E-state index in [1.165, 1.54) is 11.8 Å². The molecule has 2 amide bonds. The third-order valence-corrected chi connectivity index (χ3v) is 6.31. The lowest BCUT2D eigenvalue weighted by Crippen LogP contribution is -2.41. The van der Waals surface area contributed by atoms with Crippen LogP contribution in [0.4, 0.5) is 5.69 Å². The number of amides is 2. The highest BCUT2D eigenvalue weighted by molar-refractivity contribution is 7.98. The van der Waals surface area contributed by atoms with Gasteiger partial charge in [0.25, 0.3) is 5.91 Å². The molecule has 3 rings (SSSR count).